The van der Waals surface area contributed by atoms with Gasteiger partial charge in [0.1, 0.15) is 6.16 Å². The average Bonchev–Trinajstić information content (AvgIpc) is 2.67. The van der Waals surface area contributed by atoms with E-state index in [1.807, 2.05) is 35.7 Å². The SMILES string of the molecule is CSCCC(CCCCP(=O)(O)CC(=O)N1CCc2ccccc2C1=O)SC. The lowest BCUT2D eigenvalue weighted by atomic mass is 9.99. The van der Waals surface area contributed by atoms with Crippen LogP contribution in [0.5, 0.6) is 0 Å². The maximum atomic E-state index is 12.5. The minimum absolute atomic E-state index is 0.140. The number of unbranched alkanes of at least 4 members (excludes halogenated alkanes) is 1. The molecule has 0 saturated carbocycles. The molecule has 1 aromatic rings. The van der Waals surface area contributed by atoms with Crippen LogP contribution < -0.4 is 0 Å². The summed E-state index contributed by atoms with van der Waals surface area (Å²) >= 11 is 3.69. The van der Waals surface area contributed by atoms with Crippen LogP contribution in [0.2, 0.25) is 0 Å². The number of amides is 2. The van der Waals surface area contributed by atoms with Crippen molar-refractivity contribution in [3.63, 3.8) is 0 Å². The van der Waals surface area contributed by atoms with Gasteiger partial charge in [0.25, 0.3) is 5.91 Å². The summed E-state index contributed by atoms with van der Waals surface area (Å²) in [4.78, 5) is 36.4. The van der Waals surface area contributed by atoms with Crippen LogP contribution in [0.15, 0.2) is 24.3 Å². The topological polar surface area (TPSA) is 74.7 Å². The number of imide groups is 1. The Morgan fingerprint density at radius 1 is 1.25 bits per heavy atom. The van der Waals surface area contributed by atoms with E-state index in [-0.39, 0.29) is 18.6 Å². The molecule has 2 unspecified atom stereocenters. The number of benzene rings is 1. The van der Waals surface area contributed by atoms with Crippen LogP contribution in [-0.4, -0.2) is 64.0 Å². The number of hydrogen-bond donors (Lipinski definition) is 1. The molecule has 2 amide bonds. The molecule has 0 bridgehead atoms. The van der Waals surface area contributed by atoms with Crippen molar-refractivity contribution >= 4 is 42.7 Å². The van der Waals surface area contributed by atoms with Gasteiger partial charge in [-0.25, -0.2) is 0 Å². The van der Waals surface area contributed by atoms with Gasteiger partial charge in [-0.3, -0.25) is 19.1 Å². The van der Waals surface area contributed by atoms with Gasteiger partial charge < -0.3 is 4.89 Å². The average molecular weight is 444 g/mol. The Morgan fingerprint density at radius 3 is 2.71 bits per heavy atom. The third kappa shape index (κ3) is 6.94. The zero-order chi connectivity index (χ0) is 20.6. The smallest absolute Gasteiger partial charge is 0.260 e. The van der Waals surface area contributed by atoms with E-state index in [1.165, 1.54) is 0 Å². The molecule has 28 heavy (non-hydrogen) atoms. The first kappa shape index (κ1) is 23.5. The van der Waals surface area contributed by atoms with E-state index in [4.69, 9.17) is 0 Å². The first-order valence-electron chi connectivity index (χ1n) is 9.63. The van der Waals surface area contributed by atoms with Gasteiger partial charge in [0.2, 0.25) is 13.3 Å². The maximum absolute atomic E-state index is 12.5. The van der Waals surface area contributed by atoms with Gasteiger partial charge in [-0.15, -0.1) is 0 Å². The van der Waals surface area contributed by atoms with Crippen LogP contribution in [0.3, 0.4) is 0 Å². The number of carbonyl (C=O) groups is 2. The van der Waals surface area contributed by atoms with E-state index in [0.717, 1.165) is 35.5 Å². The highest BCUT2D eigenvalue weighted by atomic mass is 32.2. The quantitative estimate of drug-likeness (QED) is 0.409. The fourth-order valence-electron chi connectivity index (χ4n) is 3.40. The maximum Gasteiger partial charge on any atom is 0.260 e. The number of fused-ring (bicyclic) bond motifs is 1. The summed E-state index contributed by atoms with van der Waals surface area (Å²) < 4.78 is 12.5. The van der Waals surface area contributed by atoms with Gasteiger partial charge in [0.05, 0.1) is 0 Å². The summed E-state index contributed by atoms with van der Waals surface area (Å²) in [5.41, 5.74) is 1.44. The summed E-state index contributed by atoms with van der Waals surface area (Å²) in [5.74, 6) is 0.238. The normalized spacial score (nSPS) is 17.1. The molecule has 0 spiro atoms. The van der Waals surface area contributed by atoms with Gasteiger partial charge in [-0.05, 0) is 55.6 Å². The Kier molecular flexibility index (Phi) is 9.61. The van der Waals surface area contributed by atoms with Crippen LogP contribution in [0, 0.1) is 0 Å². The Bertz CT molecular complexity index is 728. The Morgan fingerprint density at radius 2 is 2.00 bits per heavy atom. The number of rotatable bonds is 11. The molecule has 0 aliphatic carbocycles. The van der Waals surface area contributed by atoms with Crippen molar-refractivity contribution in [3.05, 3.63) is 35.4 Å². The summed E-state index contributed by atoms with van der Waals surface area (Å²) in [6.07, 6.45) is 8.18. The van der Waals surface area contributed by atoms with E-state index < -0.39 is 19.4 Å². The van der Waals surface area contributed by atoms with Crippen molar-refractivity contribution in [1.82, 2.24) is 4.90 Å². The lowest BCUT2D eigenvalue weighted by molar-refractivity contribution is -0.126. The van der Waals surface area contributed by atoms with Crippen molar-refractivity contribution in [2.45, 2.75) is 37.4 Å². The third-order valence-electron chi connectivity index (χ3n) is 5.04. The Balaban J connectivity index is 1.81. The van der Waals surface area contributed by atoms with E-state index >= 15 is 0 Å². The molecule has 1 N–H and O–H groups in total. The number of carbonyl (C=O) groups excluding carboxylic acids is 2. The summed E-state index contributed by atoms with van der Waals surface area (Å²) in [5, 5.41) is 0.582. The molecular formula is C20H30NO4PS2. The van der Waals surface area contributed by atoms with E-state index in [0.29, 0.717) is 23.7 Å². The van der Waals surface area contributed by atoms with E-state index in [1.54, 1.807) is 12.1 Å². The standard InChI is InChI=1S/C20H30NO4PS2/c1-27-14-11-17(28-2)8-5-6-13-26(24,25)15-19(22)21-12-10-16-7-3-4-9-18(16)20(21)23/h3-4,7,9,17H,5-6,8,10-15H2,1-2H3,(H,24,25). The lowest BCUT2D eigenvalue weighted by Crippen LogP contribution is -2.43. The summed E-state index contributed by atoms with van der Waals surface area (Å²) in [7, 11) is -3.57. The zero-order valence-corrected chi connectivity index (χ0v) is 19.2. The first-order chi connectivity index (χ1) is 13.4. The van der Waals surface area contributed by atoms with Crippen molar-refractivity contribution in [2.75, 3.05) is 37.1 Å². The van der Waals surface area contributed by atoms with E-state index in [9.17, 15) is 19.0 Å². The van der Waals surface area contributed by atoms with Gasteiger partial charge in [-0.1, -0.05) is 24.6 Å². The number of hydrogen-bond acceptors (Lipinski definition) is 5. The monoisotopic (exact) mass is 443 g/mol. The molecule has 5 nitrogen and oxygen atoms in total. The van der Waals surface area contributed by atoms with Crippen molar-refractivity contribution in [1.29, 1.82) is 0 Å². The molecule has 1 aliphatic rings. The fraction of sp³-hybridized carbons (Fsp3) is 0.600. The number of nitrogens with zero attached hydrogens (tertiary/aromatic N) is 1. The van der Waals surface area contributed by atoms with Gasteiger partial charge in [-0.2, -0.15) is 23.5 Å². The highest BCUT2D eigenvalue weighted by Gasteiger charge is 2.32. The Labute approximate surface area is 176 Å². The minimum Gasteiger partial charge on any atom is -0.344 e. The van der Waals surface area contributed by atoms with Crippen LogP contribution in [0.4, 0.5) is 0 Å². The first-order valence-corrected chi connectivity index (χ1v) is 14.3. The second-order valence-corrected chi connectivity index (χ2v) is 11.7. The third-order valence-corrected chi connectivity index (χ3v) is 8.60. The molecule has 0 radical (unpaired) electrons. The molecule has 0 fully saturated rings. The predicted octanol–water partition coefficient (Wildman–Crippen LogP) is 4.14. The lowest BCUT2D eigenvalue weighted by Gasteiger charge is -2.27. The molecule has 1 heterocycles. The van der Waals surface area contributed by atoms with Gasteiger partial charge in [0, 0.05) is 23.5 Å². The molecule has 2 atom stereocenters. The van der Waals surface area contributed by atoms with Crippen molar-refractivity contribution in [3.8, 4) is 0 Å². The second-order valence-electron chi connectivity index (χ2n) is 7.12. The molecule has 1 aromatic carbocycles. The fourth-order valence-corrected chi connectivity index (χ4v) is 6.29. The number of thioether (sulfide) groups is 2. The van der Waals surface area contributed by atoms with Crippen LogP contribution in [-0.2, 0) is 15.8 Å². The largest absolute Gasteiger partial charge is 0.344 e. The highest BCUT2D eigenvalue weighted by Crippen LogP contribution is 2.42. The van der Waals surface area contributed by atoms with Crippen LogP contribution in [0.25, 0.3) is 0 Å². The summed E-state index contributed by atoms with van der Waals surface area (Å²) in [6, 6.07) is 7.22. The highest BCUT2D eigenvalue weighted by molar-refractivity contribution is 7.99. The Hall–Kier alpha value is -0.750. The van der Waals surface area contributed by atoms with E-state index in [2.05, 4.69) is 12.5 Å². The molecule has 0 saturated heterocycles. The van der Waals surface area contributed by atoms with Crippen molar-refractivity contribution < 1.29 is 19.0 Å². The zero-order valence-electron chi connectivity index (χ0n) is 16.6. The molecule has 8 heteroatoms. The van der Waals surface area contributed by atoms with Gasteiger partial charge in [0.15, 0.2) is 0 Å². The van der Waals surface area contributed by atoms with Crippen LogP contribution >= 0.6 is 30.9 Å². The molecule has 2 rings (SSSR count). The molecular weight excluding hydrogens is 413 g/mol. The summed E-state index contributed by atoms with van der Waals surface area (Å²) in [6.45, 7) is 0.277. The second kappa shape index (κ2) is 11.4. The predicted molar refractivity (Wildman–Crippen MR) is 120 cm³/mol. The van der Waals surface area contributed by atoms with Crippen molar-refractivity contribution in [2.24, 2.45) is 0 Å². The molecule has 0 aromatic heterocycles. The van der Waals surface area contributed by atoms with Gasteiger partial charge >= 0.3 is 0 Å². The van der Waals surface area contributed by atoms with Crippen LogP contribution in [0.1, 0.15) is 41.6 Å². The molecule has 1 aliphatic heterocycles. The molecule has 156 valence electrons. The minimum atomic E-state index is -3.57.